The van der Waals surface area contributed by atoms with Crippen molar-refractivity contribution in [1.82, 2.24) is 15.2 Å². The van der Waals surface area contributed by atoms with Crippen LogP contribution < -0.4 is 0 Å². The smallest absolute Gasteiger partial charge is 0.329 e. The Kier molecular flexibility index (Phi) is 5.27. The summed E-state index contributed by atoms with van der Waals surface area (Å²) in [6.45, 7) is 2.09. The molecule has 2 aromatic rings. The Hall–Kier alpha value is -3.08. The standard InChI is InChI=1S/C17H14F3N3O5/c1-2-23-15(26)11(8-27-23)7-12(24)13(25)9-3-5-10(6-4-9)14-21-16(28-22-14)17(18,19)20/h3-6,11H,2,7-8H2,1H3. The minimum atomic E-state index is -4.76. The van der Waals surface area contributed by atoms with Gasteiger partial charge in [0.1, 0.15) is 0 Å². The number of amides is 1. The largest absolute Gasteiger partial charge is 0.471 e. The number of aromatic nitrogens is 2. The van der Waals surface area contributed by atoms with Crippen LogP contribution >= 0.6 is 0 Å². The van der Waals surface area contributed by atoms with Gasteiger partial charge >= 0.3 is 12.1 Å². The number of rotatable bonds is 6. The zero-order valence-corrected chi connectivity index (χ0v) is 14.5. The van der Waals surface area contributed by atoms with Crippen molar-refractivity contribution in [3.63, 3.8) is 0 Å². The van der Waals surface area contributed by atoms with Crippen LogP contribution in [0, 0.1) is 5.92 Å². The van der Waals surface area contributed by atoms with E-state index in [0.717, 1.165) is 5.06 Å². The second-order valence-electron chi connectivity index (χ2n) is 5.98. The van der Waals surface area contributed by atoms with Gasteiger partial charge in [-0.2, -0.15) is 18.2 Å². The Morgan fingerprint density at radius 1 is 1.25 bits per heavy atom. The highest BCUT2D eigenvalue weighted by Crippen LogP contribution is 2.29. The zero-order valence-electron chi connectivity index (χ0n) is 14.5. The summed E-state index contributed by atoms with van der Waals surface area (Å²) in [5.41, 5.74) is 0.216. The van der Waals surface area contributed by atoms with E-state index in [1.807, 2.05) is 0 Å². The maximum Gasteiger partial charge on any atom is 0.471 e. The summed E-state index contributed by atoms with van der Waals surface area (Å²) in [5.74, 6) is -4.41. The fourth-order valence-corrected chi connectivity index (χ4v) is 2.62. The molecule has 0 aliphatic carbocycles. The highest BCUT2D eigenvalue weighted by Gasteiger charge is 2.38. The first-order valence-electron chi connectivity index (χ1n) is 8.24. The fraction of sp³-hybridized carbons (Fsp3) is 0.353. The van der Waals surface area contributed by atoms with Crippen LogP contribution in [-0.2, 0) is 20.6 Å². The number of Topliss-reactive ketones (excluding diaryl/α,β-unsaturated/α-hetero) is 2. The van der Waals surface area contributed by atoms with Crippen LogP contribution in [-0.4, -0.2) is 45.8 Å². The van der Waals surface area contributed by atoms with E-state index in [0.29, 0.717) is 6.54 Å². The van der Waals surface area contributed by atoms with Gasteiger partial charge < -0.3 is 4.52 Å². The van der Waals surface area contributed by atoms with Crippen molar-refractivity contribution in [3.8, 4) is 11.4 Å². The predicted molar refractivity (Wildman–Crippen MR) is 85.5 cm³/mol. The molecule has 1 aliphatic rings. The third-order valence-electron chi connectivity index (χ3n) is 4.07. The first-order chi connectivity index (χ1) is 13.2. The highest BCUT2D eigenvalue weighted by molar-refractivity contribution is 6.44. The molecule has 11 heteroatoms. The minimum Gasteiger partial charge on any atom is -0.329 e. The quantitative estimate of drug-likeness (QED) is 0.544. The van der Waals surface area contributed by atoms with E-state index in [1.165, 1.54) is 24.3 Å². The monoisotopic (exact) mass is 397 g/mol. The summed E-state index contributed by atoms with van der Waals surface area (Å²) in [4.78, 5) is 44.7. The van der Waals surface area contributed by atoms with Gasteiger partial charge in [0.2, 0.25) is 17.4 Å². The number of carbonyl (C=O) groups excluding carboxylic acids is 3. The molecule has 0 radical (unpaired) electrons. The van der Waals surface area contributed by atoms with Crippen LogP contribution in [0.1, 0.15) is 29.6 Å². The molecule has 1 unspecified atom stereocenters. The van der Waals surface area contributed by atoms with E-state index in [1.54, 1.807) is 6.92 Å². The molecular formula is C17H14F3N3O5. The number of carbonyl (C=O) groups is 3. The molecule has 0 spiro atoms. The normalized spacial score (nSPS) is 17.2. The molecule has 0 bridgehead atoms. The van der Waals surface area contributed by atoms with Crippen molar-refractivity contribution >= 4 is 17.5 Å². The zero-order chi connectivity index (χ0) is 20.5. The van der Waals surface area contributed by atoms with Crippen LogP contribution in [0.15, 0.2) is 28.8 Å². The predicted octanol–water partition coefficient (Wildman–Crippen LogP) is 2.31. The van der Waals surface area contributed by atoms with E-state index in [2.05, 4.69) is 14.7 Å². The topological polar surface area (TPSA) is 103 Å². The first kappa shape index (κ1) is 19.7. The average Bonchev–Trinajstić information content (AvgIpc) is 3.29. The fourth-order valence-electron chi connectivity index (χ4n) is 2.62. The average molecular weight is 397 g/mol. The molecule has 28 heavy (non-hydrogen) atoms. The van der Waals surface area contributed by atoms with Crippen LogP contribution in [0.3, 0.4) is 0 Å². The summed E-state index contributed by atoms with van der Waals surface area (Å²) in [6, 6.07) is 5.14. The van der Waals surface area contributed by atoms with E-state index in [4.69, 9.17) is 4.84 Å². The lowest BCUT2D eigenvalue weighted by molar-refractivity contribution is -0.160. The molecule has 0 N–H and O–H groups in total. The lowest BCUT2D eigenvalue weighted by Crippen LogP contribution is -2.28. The van der Waals surface area contributed by atoms with Crippen LogP contribution in [0.25, 0.3) is 11.4 Å². The molecule has 1 aliphatic heterocycles. The number of hydrogen-bond donors (Lipinski definition) is 0. The van der Waals surface area contributed by atoms with Gasteiger partial charge in [0.05, 0.1) is 12.5 Å². The summed E-state index contributed by atoms with van der Waals surface area (Å²) in [5, 5.41) is 4.38. The lowest BCUT2D eigenvalue weighted by atomic mass is 9.97. The number of halogens is 3. The summed E-state index contributed by atoms with van der Waals surface area (Å²) < 4.78 is 41.7. The number of benzene rings is 1. The molecule has 148 valence electrons. The summed E-state index contributed by atoms with van der Waals surface area (Å²) in [7, 11) is 0. The van der Waals surface area contributed by atoms with Gasteiger partial charge in [0, 0.05) is 24.1 Å². The molecule has 1 atom stereocenters. The van der Waals surface area contributed by atoms with Crippen molar-refractivity contribution in [3.05, 3.63) is 35.7 Å². The van der Waals surface area contributed by atoms with E-state index >= 15 is 0 Å². The van der Waals surface area contributed by atoms with Gasteiger partial charge in [0.15, 0.2) is 0 Å². The molecule has 1 amide bonds. The molecule has 2 heterocycles. The number of hydroxylamine groups is 2. The third kappa shape index (κ3) is 3.93. The maximum atomic E-state index is 12.5. The van der Waals surface area contributed by atoms with Crippen molar-refractivity contribution in [2.45, 2.75) is 19.5 Å². The van der Waals surface area contributed by atoms with Crippen LogP contribution in [0.4, 0.5) is 13.2 Å². The second kappa shape index (κ2) is 7.50. The van der Waals surface area contributed by atoms with Gasteiger partial charge in [-0.05, 0) is 6.92 Å². The SMILES string of the molecule is CCN1OCC(CC(=O)C(=O)c2ccc(-c3noc(C(F)(F)F)n3)cc2)C1=O. The van der Waals surface area contributed by atoms with Crippen molar-refractivity contribution in [2.75, 3.05) is 13.2 Å². The molecule has 0 saturated carbocycles. The molecule has 1 fully saturated rings. The molecule has 3 rings (SSSR count). The van der Waals surface area contributed by atoms with Gasteiger partial charge in [-0.3, -0.25) is 19.2 Å². The third-order valence-corrected chi connectivity index (χ3v) is 4.07. The highest BCUT2D eigenvalue weighted by atomic mass is 19.4. The van der Waals surface area contributed by atoms with E-state index < -0.39 is 29.6 Å². The van der Waals surface area contributed by atoms with Crippen molar-refractivity contribution < 1.29 is 36.9 Å². The second-order valence-corrected chi connectivity index (χ2v) is 5.98. The minimum absolute atomic E-state index is 0.0317. The Morgan fingerprint density at radius 3 is 2.46 bits per heavy atom. The molecule has 8 nitrogen and oxygen atoms in total. The van der Waals surface area contributed by atoms with Crippen LogP contribution in [0.5, 0.6) is 0 Å². The summed E-state index contributed by atoms with van der Waals surface area (Å²) in [6.07, 6.45) is -5.04. The van der Waals surface area contributed by atoms with Crippen molar-refractivity contribution in [1.29, 1.82) is 0 Å². The van der Waals surface area contributed by atoms with Gasteiger partial charge in [-0.25, -0.2) is 5.06 Å². The van der Waals surface area contributed by atoms with Gasteiger partial charge in [0.25, 0.3) is 5.91 Å². The maximum absolute atomic E-state index is 12.5. The van der Waals surface area contributed by atoms with Crippen molar-refractivity contribution in [2.24, 2.45) is 5.92 Å². The number of nitrogens with zero attached hydrogens (tertiary/aromatic N) is 3. The summed E-state index contributed by atoms with van der Waals surface area (Å²) >= 11 is 0. The molecule has 1 aromatic heterocycles. The van der Waals surface area contributed by atoms with Gasteiger partial charge in [-0.1, -0.05) is 29.4 Å². The van der Waals surface area contributed by atoms with E-state index in [-0.39, 0.29) is 35.9 Å². The molecular weight excluding hydrogens is 383 g/mol. The number of ketones is 2. The van der Waals surface area contributed by atoms with Gasteiger partial charge in [-0.15, -0.1) is 0 Å². The van der Waals surface area contributed by atoms with Crippen LogP contribution in [0.2, 0.25) is 0 Å². The first-order valence-corrected chi connectivity index (χ1v) is 8.24. The lowest BCUT2D eigenvalue weighted by Gasteiger charge is -2.10. The Morgan fingerprint density at radius 2 is 1.93 bits per heavy atom. The number of hydrogen-bond acceptors (Lipinski definition) is 7. The Balaban J connectivity index is 1.67. The van der Waals surface area contributed by atoms with E-state index in [9.17, 15) is 27.6 Å². The molecule has 1 aromatic carbocycles. The Labute approximate surface area is 156 Å². The number of alkyl halides is 3. The Bertz CT molecular complexity index is 908. The molecule has 1 saturated heterocycles.